The summed E-state index contributed by atoms with van der Waals surface area (Å²) in [4.78, 5) is 15.1. The molecule has 3 N–H and O–H groups in total. The lowest BCUT2D eigenvalue weighted by atomic mass is 10.3. The Kier molecular flexibility index (Phi) is 3.88. The molecule has 74 valence electrons. The van der Waals surface area contributed by atoms with Gasteiger partial charge >= 0.3 is 0 Å². The maximum absolute atomic E-state index is 11.3. The van der Waals surface area contributed by atoms with Crippen molar-refractivity contribution in [2.75, 3.05) is 12.3 Å². The van der Waals surface area contributed by atoms with Gasteiger partial charge in [-0.25, -0.2) is 4.98 Å². The Morgan fingerprint density at radius 2 is 2.57 bits per heavy atom. The van der Waals surface area contributed by atoms with E-state index >= 15 is 0 Å². The van der Waals surface area contributed by atoms with Gasteiger partial charge in [-0.05, 0) is 6.42 Å². The van der Waals surface area contributed by atoms with E-state index in [1.807, 2.05) is 6.07 Å². The summed E-state index contributed by atoms with van der Waals surface area (Å²) in [6.45, 7) is 0.490. The summed E-state index contributed by atoms with van der Waals surface area (Å²) < 4.78 is 0. The molecule has 1 amide bonds. The fraction of sp³-hybridized carbons (Fsp3) is 0.375. The van der Waals surface area contributed by atoms with Gasteiger partial charge in [-0.2, -0.15) is 5.26 Å². The number of nitrogens with zero attached hydrogens (tertiary/aromatic N) is 2. The number of aromatic nitrogens is 1. The SMILES string of the molecule is N#CCCCNC(=O)c1csc(N)n1. The first kappa shape index (κ1) is 10.5. The number of nitriles is 1. The number of nitrogen functional groups attached to an aromatic ring is 1. The largest absolute Gasteiger partial charge is 0.375 e. The van der Waals surface area contributed by atoms with Crippen LogP contribution in [-0.2, 0) is 0 Å². The van der Waals surface area contributed by atoms with Crippen LogP contribution in [0.4, 0.5) is 5.13 Å². The van der Waals surface area contributed by atoms with Crippen LogP contribution in [0.5, 0.6) is 0 Å². The second-order valence-electron chi connectivity index (χ2n) is 2.59. The fourth-order valence-corrected chi connectivity index (χ4v) is 1.39. The molecule has 0 unspecified atom stereocenters. The van der Waals surface area contributed by atoms with Crippen molar-refractivity contribution in [2.24, 2.45) is 0 Å². The summed E-state index contributed by atoms with van der Waals surface area (Å²) >= 11 is 1.23. The molecule has 0 atom stereocenters. The Morgan fingerprint density at radius 1 is 1.79 bits per heavy atom. The number of hydrogen-bond acceptors (Lipinski definition) is 5. The van der Waals surface area contributed by atoms with Crippen LogP contribution in [0.15, 0.2) is 5.38 Å². The maximum Gasteiger partial charge on any atom is 0.270 e. The Hall–Kier alpha value is -1.61. The summed E-state index contributed by atoms with van der Waals surface area (Å²) in [7, 11) is 0. The lowest BCUT2D eigenvalue weighted by Crippen LogP contribution is -2.24. The molecular weight excluding hydrogens is 200 g/mol. The highest BCUT2D eigenvalue weighted by Gasteiger charge is 2.07. The molecule has 0 radical (unpaired) electrons. The monoisotopic (exact) mass is 210 g/mol. The van der Waals surface area contributed by atoms with E-state index in [0.717, 1.165) is 0 Å². The summed E-state index contributed by atoms with van der Waals surface area (Å²) in [5.41, 5.74) is 5.71. The smallest absolute Gasteiger partial charge is 0.270 e. The zero-order valence-corrected chi connectivity index (χ0v) is 8.30. The van der Waals surface area contributed by atoms with Crippen molar-refractivity contribution >= 4 is 22.4 Å². The molecule has 0 spiro atoms. The van der Waals surface area contributed by atoms with Crippen LogP contribution in [0.1, 0.15) is 23.3 Å². The van der Waals surface area contributed by atoms with Gasteiger partial charge in [0.25, 0.3) is 5.91 Å². The molecule has 1 aromatic rings. The van der Waals surface area contributed by atoms with E-state index in [0.29, 0.717) is 30.2 Å². The van der Waals surface area contributed by atoms with Crippen LogP contribution in [-0.4, -0.2) is 17.4 Å². The van der Waals surface area contributed by atoms with E-state index in [9.17, 15) is 4.79 Å². The van der Waals surface area contributed by atoms with Gasteiger partial charge in [-0.1, -0.05) is 0 Å². The third-order valence-corrected chi connectivity index (χ3v) is 2.18. The van der Waals surface area contributed by atoms with Gasteiger partial charge in [0.2, 0.25) is 0 Å². The van der Waals surface area contributed by atoms with Crippen molar-refractivity contribution in [1.29, 1.82) is 5.26 Å². The summed E-state index contributed by atoms with van der Waals surface area (Å²) in [5.74, 6) is -0.240. The van der Waals surface area contributed by atoms with E-state index < -0.39 is 0 Å². The number of anilines is 1. The second-order valence-corrected chi connectivity index (χ2v) is 3.48. The minimum atomic E-state index is -0.240. The standard InChI is InChI=1S/C8H10N4OS/c9-3-1-2-4-11-7(13)6-5-14-8(10)12-6/h5H,1-2,4H2,(H2,10,12)(H,11,13). The van der Waals surface area contributed by atoms with Crippen molar-refractivity contribution in [3.8, 4) is 6.07 Å². The highest BCUT2D eigenvalue weighted by molar-refractivity contribution is 7.13. The molecule has 1 rings (SSSR count). The van der Waals surface area contributed by atoms with Gasteiger partial charge in [0.05, 0.1) is 6.07 Å². The van der Waals surface area contributed by atoms with Gasteiger partial charge in [0.15, 0.2) is 5.13 Å². The zero-order valence-electron chi connectivity index (χ0n) is 7.49. The number of carbonyl (C=O) groups is 1. The number of unbranched alkanes of at least 4 members (excludes halogenated alkanes) is 1. The van der Waals surface area contributed by atoms with E-state index in [1.165, 1.54) is 11.3 Å². The van der Waals surface area contributed by atoms with Crippen molar-refractivity contribution in [3.05, 3.63) is 11.1 Å². The minimum absolute atomic E-state index is 0.240. The molecule has 1 aromatic heterocycles. The van der Waals surface area contributed by atoms with E-state index in [1.54, 1.807) is 5.38 Å². The molecule has 0 fully saturated rings. The Balaban J connectivity index is 2.33. The predicted molar refractivity (Wildman–Crippen MR) is 53.7 cm³/mol. The second kappa shape index (κ2) is 5.19. The maximum atomic E-state index is 11.3. The van der Waals surface area contributed by atoms with Gasteiger partial charge < -0.3 is 11.1 Å². The van der Waals surface area contributed by atoms with Crippen molar-refractivity contribution in [2.45, 2.75) is 12.8 Å². The first-order valence-corrected chi connectivity index (χ1v) is 4.98. The van der Waals surface area contributed by atoms with Crippen molar-refractivity contribution < 1.29 is 4.79 Å². The molecule has 0 saturated heterocycles. The topological polar surface area (TPSA) is 91.8 Å². The number of thiazole rings is 1. The predicted octanol–water partition coefficient (Wildman–Crippen LogP) is 0.759. The number of amides is 1. The number of rotatable bonds is 4. The van der Waals surface area contributed by atoms with Crippen LogP contribution >= 0.6 is 11.3 Å². The van der Waals surface area contributed by atoms with Crippen LogP contribution in [0, 0.1) is 11.3 Å². The number of nitrogens with two attached hydrogens (primary N) is 1. The molecule has 0 aromatic carbocycles. The molecule has 6 heteroatoms. The molecule has 0 aliphatic heterocycles. The number of nitrogens with one attached hydrogen (secondary N) is 1. The number of hydrogen-bond donors (Lipinski definition) is 2. The highest BCUT2D eigenvalue weighted by atomic mass is 32.1. The molecule has 5 nitrogen and oxygen atoms in total. The van der Waals surface area contributed by atoms with Gasteiger partial charge in [0.1, 0.15) is 5.69 Å². The van der Waals surface area contributed by atoms with Crippen LogP contribution in [0.3, 0.4) is 0 Å². The van der Waals surface area contributed by atoms with Gasteiger partial charge in [-0.15, -0.1) is 11.3 Å². The Morgan fingerprint density at radius 3 is 3.14 bits per heavy atom. The molecule has 0 aliphatic carbocycles. The third kappa shape index (κ3) is 3.03. The van der Waals surface area contributed by atoms with E-state index in [2.05, 4.69) is 10.3 Å². The summed E-state index contributed by atoms with van der Waals surface area (Å²) in [5, 5.41) is 12.9. The summed E-state index contributed by atoms with van der Waals surface area (Å²) in [6.07, 6.45) is 1.10. The van der Waals surface area contributed by atoms with Crippen molar-refractivity contribution in [1.82, 2.24) is 10.3 Å². The van der Waals surface area contributed by atoms with Crippen LogP contribution < -0.4 is 11.1 Å². The minimum Gasteiger partial charge on any atom is -0.375 e. The molecule has 0 aliphatic rings. The highest BCUT2D eigenvalue weighted by Crippen LogP contribution is 2.10. The fourth-order valence-electron chi connectivity index (χ4n) is 0.852. The normalized spacial score (nSPS) is 9.36. The Bertz CT molecular complexity index is 354. The summed E-state index contributed by atoms with van der Waals surface area (Å²) in [6, 6.07) is 2.00. The molecule has 14 heavy (non-hydrogen) atoms. The lowest BCUT2D eigenvalue weighted by Gasteiger charge is -1.99. The lowest BCUT2D eigenvalue weighted by molar-refractivity contribution is 0.0949. The zero-order chi connectivity index (χ0) is 10.4. The average molecular weight is 210 g/mol. The number of carbonyl (C=O) groups excluding carboxylic acids is 1. The molecule has 0 saturated carbocycles. The van der Waals surface area contributed by atoms with Gasteiger partial charge in [-0.3, -0.25) is 4.79 Å². The molecular formula is C8H10N4OS. The van der Waals surface area contributed by atoms with E-state index in [-0.39, 0.29) is 5.91 Å². The third-order valence-electron chi connectivity index (χ3n) is 1.51. The van der Waals surface area contributed by atoms with Crippen molar-refractivity contribution in [3.63, 3.8) is 0 Å². The molecule has 0 bridgehead atoms. The average Bonchev–Trinajstić information content (AvgIpc) is 2.59. The quantitative estimate of drug-likeness (QED) is 0.717. The molecule has 1 heterocycles. The first-order valence-electron chi connectivity index (χ1n) is 4.10. The Labute approximate surface area is 85.6 Å². The van der Waals surface area contributed by atoms with Crippen LogP contribution in [0.2, 0.25) is 0 Å². The first-order chi connectivity index (χ1) is 6.74. The van der Waals surface area contributed by atoms with Crippen LogP contribution in [0.25, 0.3) is 0 Å². The van der Waals surface area contributed by atoms with Gasteiger partial charge in [0, 0.05) is 18.3 Å². The van der Waals surface area contributed by atoms with E-state index in [4.69, 9.17) is 11.0 Å².